The summed E-state index contributed by atoms with van der Waals surface area (Å²) >= 11 is 0. The Labute approximate surface area is 118 Å². The topological polar surface area (TPSA) is 61.8 Å². The molecule has 0 unspecified atom stereocenters. The minimum atomic E-state index is -0.275. The zero-order valence-electron chi connectivity index (χ0n) is 11.5. The smallest absolute Gasteiger partial charge is 0.407 e. The largest absolute Gasteiger partial charge is 0.508 e. The third-order valence-electron chi connectivity index (χ3n) is 4.28. The van der Waals surface area contributed by atoms with Crippen LogP contribution in [0, 0.1) is 0 Å². The van der Waals surface area contributed by atoms with Gasteiger partial charge < -0.3 is 20.1 Å². The molecule has 2 saturated heterocycles. The van der Waals surface area contributed by atoms with Gasteiger partial charge in [0.15, 0.2) is 0 Å². The lowest BCUT2D eigenvalue weighted by Gasteiger charge is -2.37. The van der Waals surface area contributed by atoms with Crippen molar-refractivity contribution in [3.63, 3.8) is 0 Å². The molecule has 0 saturated carbocycles. The third-order valence-corrected chi connectivity index (χ3v) is 4.28. The highest BCUT2D eigenvalue weighted by molar-refractivity contribution is 5.70. The second-order valence-electron chi connectivity index (χ2n) is 5.68. The summed E-state index contributed by atoms with van der Waals surface area (Å²) in [6.45, 7) is 3.58. The molecule has 2 fully saturated rings. The molecule has 2 heterocycles. The molecule has 3 rings (SSSR count). The highest BCUT2D eigenvalue weighted by Crippen LogP contribution is 2.29. The van der Waals surface area contributed by atoms with Gasteiger partial charge in [-0.25, -0.2) is 4.79 Å². The zero-order valence-corrected chi connectivity index (χ0v) is 11.5. The maximum atomic E-state index is 11.2. The number of carbonyl (C=O) groups is 1. The van der Waals surface area contributed by atoms with E-state index >= 15 is 0 Å². The summed E-state index contributed by atoms with van der Waals surface area (Å²) in [5.74, 6) is 0.309. The number of alkyl carbamates (subject to hydrolysis) is 1. The molecular weight excluding hydrogens is 256 g/mol. The first-order chi connectivity index (χ1) is 9.65. The number of phenols is 1. The van der Waals surface area contributed by atoms with Crippen LogP contribution in [-0.2, 0) is 11.2 Å². The summed E-state index contributed by atoms with van der Waals surface area (Å²) in [5, 5.41) is 12.0. The van der Waals surface area contributed by atoms with Crippen molar-refractivity contribution in [1.82, 2.24) is 10.2 Å². The molecule has 0 aliphatic carbocycles. The van der Waals surface area contributed by atoms with Crippen LogP contribution >= 0.6 is 0 Å². The quantitative estimate of drug-likeness (QED) is 0.878. The predicted molar refractivity (Wildman–Crippen MR) is 74.7 cm³/mol. The normalized spacial score (nSPS) is 21.7. The van der Waals surface area contributed by atoms with Crippen molar-refractivity contribution >= 4 is 6.09 Å². The van der Waals surface area contributed by atoms with Gasteiger partial charge in [-0.05, 0) is 24.1 Å². The van der Waals surface area contributed by atoms with Gasteiger partial charge in [-0.3, -0.25) is 0 Å². The number of amides is 1. The Balaban J connectivity index is 1.47. The molecule has 1 amide bonds. The van der Waals surface area contributed by atoms with Gasteiger partial charge >= 0.3 is 6.09 Å². The van der Waals surface area contributed by atoms with Crippen molar-refractivity contribution in [2.75, 3.05) is 26.2 Å². The molecule has 1 aromatic carbocycles. The Morgan fingerprint density at radius 1 is 1.25 bits per heavy atom. The first-order valence-corrected chi connectivity index (χ1v) is 7.12. The average molecular weight is 276 g/mol. The van der Waals surface area contributed by atoms with E-state index in [1.54, 1.807) is 12.1 Å². The number of phenolic OH excluding ortho intramolecular Hbond substituents is 1. The van der Waals surface area contributed by atoms with Crippen molar-refractivity contribution < 1.29 is 14.6 Å². The standard InChI is InChI=1S/C15H20N2O3/c18-13-3-1-12(2-4-13)5-8-17-9-6-15(7-10-17)11-16-14(19)20-15/h1-4,18H,5-11H2,(H,16,19). The minimum Gasteiger partial charge on any atom is -0.508 e. The van der Waals surface area contributed by atoms with Crippen LogP contribution in [0.25, 0.3) is 0 Å². The van der Waals surface area contributed by atoms with Crippen LogP contribution in [0.1, 0.15) is 18.4 Å². The molecule has 5 heteroatoms. The summed E-state index contributed by atoms with van der Waals surface area (Å²) < 4.78 is 5.41. The van der Waals surface area contributed by atoms with Crippen LogP contribution in [0.5, 0.6) is 5.75 Å². The van der Waals surface area contributed by atoms with E-state index in [0.29, 0.717) is 12.3 Å². The summed E-state index contributed by atoms with van der Waals surface area (Å²) in [4.78, 5) is 13.6. The molecule has 0 atom stereocenters. The van der Waals surface area contributed by atoms with E-state index in [-0.39, 0.29) is 11.7 Å². The van der Waals surface area contributed by atoms with Crippen molar-refractivity contribution in [3.05, 3.63) is 29.8 Å². The number of carbonyl (C=O) groups excluding carboxylic acids is 1. The second-order valence-corrected chi connectivity index (χ2v) is 5.68. The number of hydrogen-bond acceptors (Lipinski definition) is 4. The van der Waals surface area contributed by atoms with Gasteiger partial charge in [-0.2, -0.15) is 0 Å². The first kappa shape index (κ1) is 13.2. The van der Waals surface area contributed by atoms with E-state index in [9.17, 15) is 9.90 Å². The summed E-state index contributed by atoms with van der Waals surface area (Å²) in [5.41, 5.74) is 0.976. The summed E-state index contributed by atoms with van der Waals surface area (Å²) in [6.07, 6.45) is 2.51. The number of aromatic hydroxyl groups is 1. The Kier molecular flexibility index (Phi) is 3.53. The first-order valence-electron chi connectivity index (χ1n) is 7.12. The van der Waals surface area contributed by atoms with Gasteiger partial charge in [-0.15, -0.1) is 0 Å². The van der Waals surface area contributed by atoms with E-state index < -0.39 is 0 Å². The van der Waals surface area contributed by atoms with E-state index in [1.165, 1.54) is 5.56 Å². The molecule has 1 spiro atoms. The van der Waals surface area contributed by atoms with Crippen LogP contribution in [0.2, 0.25) is 0 Å². The molecule has 0 bridgehead atoms. The molecule has 5 nitrogen and oxygen atoms in total. The van der Waals surface area contributed by atoms with Crippen molar-refractivity contribution in [3.8, 4) is 5.75 Å². The molecular formula is C15H20N2O3. The summed E-state index contributed by atoms with van der Waals surface area (Å²) in [7, 11) is 0. The zero-order chi connectivity index (χ0) is 14.0. The van der Waals surface area contributed by atoms with Crippen molar-refractivity contribution in [2.24, 2.45) is 0 Å². The maximum absolute atomic E-state index is 11.2. The monoisotopic (exact) mass is 276 g/mol. The van der Waals surface area contributed by atoms with E-state index in [0.717, 1.165) is 38.9 Å². The molecule has 0 radical (unpaired) electrons. The van der Waals surface area contributed by atoms with Gasteiger partial charge in [0.05, 0.1) is 6.54 Å². The Bertz CT molecular complexity index is 478. The fourth-order valence-corrected chi connectivity index (χ4v) is 2.91. The van der Waals surface area contributed by atoms with Gasteiger partial charge in [0.2, 0.25) is 0 Å². The fourth-order valence-electron chi connectivity index (χ4n) is 2.91. The van der Waals surface area contributed by atoms with Crippen LogP contribution in [0.3, 0.4) is 0 Å². The molecule has 2 N–H and O–H groups in total. The minimum absolute atomic E-state index is 0.258. The van der Waals surface area contributed by atoms with Gasteiger partial charge in [0, 0.05) is 32.5 Å². The van der Waals surface area contributed by atoms with Crippen LogP contribution in [0.15, 0.2) is 24.3 Å². The maximum Gasteiger partial charge on any atom is 0.407 e. The fraction of sp³-hybridized carbons (Fsp3) is 0.533. The van der Waals surface area contributed by atoms with Gasteiger partial charge in [0.25, 0.3) is 0 Å². The number of nitrogens with zero attached hydrogens (tertiary/aromatic N) is 1. The molecule has 2 aliphatic rings. The molecule has 2 aliphatic heterocycles. The number of ether oxygens (including phenoxy) is 1. The van der Waals surface area contributed by atoms with Crippen LogP contribution in [-0.4, -0.2) is 47.9 Å². The number of likely N-dealkylation sites (tertiary alicyclic amines) is 1. The second kappa shape index (κ2) is 5.32. The SMILES string of the molecule is O=C1NCC2(CCN(CCc3ccc(O)cc3)CC2)O1. The molecule has 1 aromatic rings. The Hall–Kier alpha value is -1.75. The number of benzene rings is 1. The van der Waals surface area contributed by atoms with Crippen LogP contribution < -0.4 is 5.32 Å². The molecule has 20 heavy (non-hydrogen) atoms. The lowest BCUT2D eigenvalue weighted by molar-refractivity contribution is 0.00123. The Morgan fingerprint density at radius 3 is 2.55 bits per heavy atom. The Morgan fingerprint density at radius 2 is 1.95 bits per heavy atom. The highest BCUT2D eigenvalue weighted by Gasteiger charge is 2.42. The third kappa shape index (κ3) is 2.88. The number of piperidine rings is 1. The van der Waals surface area contributed by atoms with Gasteiger partial charge in [0.1, 0.15) is 11.4 Å². The van der Waals surface area contributed by atoms with E-state index in [1.807, 2.05) is 12.1 Å². The predicted octanol–water partition coefficient (Wildman–Crippen LogP) is 1.51. The number of hydrogen-bond donors (Lipinski definition) is 2. The van der Waals surface area contributed by atoms with E-state index in [2.05, 4.69) is 10.2 Å². The van der Waals surface area contributed by atoms with Gasteiger partial charge in [-0.1, -0.05) is 12.1 Å². The number of rotatable bonds is 3. The molecule has 0 aromatic heterocycles. The average Bonchev–Trinajstić information content (AvgIpc) is 2.81. The van der Waals surface area contributed by atoms with Crippen molar-refractivity contribution in [1.29, 1.82) is 0 Å². The van der Waals surface area contributed by atoms with Crippen molar-refractivity contribution in [2.45, 2.75) is 24.9 Å². The lowest BCUT2D eigenvalue weighted by Crippen LogP contribution is -2.47. The van der Waals surface area contributed by atoms with E-state index in [4.69, 9.17) is 4.74 Å². The number of nitrogens with one attached hydrogen (secondary N) is 1. The lowest BCUT2D eigenvalue weighted by atomic mass is 9.91. The summed E-state index contributed by atoms with van der Waals surface area (Å²) in [6, 6.07) is 7.38. The molecule has 108 valence electrons. The van der Waals surface area contributed by atoms with Crippen LogP contribution in [0.4, 0.5) is 4.79 Å². The highest BCUT2D eigenvalue weighted by atomic mass is 16.6.